The third-order valence-corrected chi connectivity index (χ3v) is 4.35. The SMILES string of the molecule is COc1ccc(-c2nnc([C@H](C)OC(=O)c3cc(Cl)c4c(c3)OCO4)o2)cc1. The molecule has 1 aromatic heterocycles. The van der Waals surface area contributed by atoms with Crippen molar-refractivity contribution in [2.45, 2.75) is 13.0 Å². The average Bonchev–Trinajstić information content (AvgIpc) is 3.38. The van der Waals surface area contributed by atoms with Crippen LogP contribution in [0.15, 0.2) is 40.8 Å². The van der Waals surface area contributed by atoms with Crippen LogP contribution in [0.2, 0.25) is 5.02 Å². The third kappa shape index (κ3) is 3.46. The molecule has 0 fully saturated rings. The Morgan fingerprint density at radius 3 is 2.71 bits per heavy atom. The molecule has 8 nitrogen and oxygen atoms in total. The standard InChI is InChI=1S/C19H15ClN2O6/c1-10(17-21-22-18(28-17)11-3-5-13(24-2)6-4-11)27-19(23)12-7-14(20)16-15(8-12)25-9-26-16/h3-8,10H,9H2,1-2H3/t10-/m0/s1. The minimum atomic E-state index is -0.754. The molecule has 0 spiro atoms. The number of nitrogens with zero attached hydrogens (tertiary/aromatic N) is 2. The first-order valence-corrected chi connectivity index (χ1v) is 8.71. The average molecular weight is 403 g/mol. The largest absolute Gasteiger partial charge is 0.497 e. The molecule has 1 aliphatic rings. The molecule has 0 saturated carbocycles. The van der Waals surface area contributed by atoms with Crippen molar-refractivity contribution in [3.05, 3.63) is 52.9 Å². The van der Waals surface area contributed by atoms with E-state index >= 15 is 0 Å². The number of benzene rings is 2. The maximum Gasteiger partial charge on any atom is 0.339 e. The zero-order valence-corrected chi connectivity index (χ0v) is 15.7. The predicted octanol–water partition coefficient (Wildman–Crippen LogP) is 4.05. The molecule has 2 heterocycles. The van der Waals surface area contributed by atoms with E-state index in [1.165, 1.54) is 12.1 Å². The number of methoxy groups -OCH3 is 1. The third-order valence-electron chi connectivity index (χ3n) is 4.07. The van der Waals surface area contributed by atoms with Crippen LogP contribution in [0.5, 0.6) is 17.2 Å². The van der Waals surface area contributed by atoms with Crippen LogP contribution < -0.4 is 14.2 Å². The number of ether oxygens (including phenoxy) is 4. The number of hydrogen-bond donors (Lipinski definition) is 0. The second kappa shape index (κ2) is 7.40. The smallest absolute Gasteiger partial charge is 0.339 e. The van der Waals surface area contributed by atoms with E-state index < -0.39 is 12.1 Å². The topological polar surface area (TPSA) is 92.9 Å². The number of carbonyl (C=O) groups is 1. The van der Waals surface area contributed by atoms with E-state index in [0.29, 0.717) is 23.1 Å². The molecule has 0 amide bonds. The van der Waals surface area contributed by atoms with Gasteiger partial charge in [-0.15, -0.1) is 10.2 Å². The first kappa shape index (κ1) is 18.1. The summed E-state index contributed by atoms with van der Waals surface area (Å²) in [6, 6.07) is 10.1. The van der Waals surface area contributed by atoms with Crippen molar-refractivity contribution < 1.29 is 28.2 Å². The van der Waals surface area contributed by atoms with Gasteiger partial charge in [0.05, 0.1) is 17.7 Å². The van der Waals surface area contributed by atoms with Crippen molar-refractivity contribution in [2.75, 3.05) is 13.9 Å². The molecular weight excluding hydrogens is 388 g/mol. The number of fused-ring (bicyclic) bond motifs is 1. The quantitative estimate of drug-likeness (QED) is 0.590. The molecule has 1 aliphatic heterocycles. The Hall–Kier alpha value is -3.26. The van der Waals surface area contributed by atoms with Crippen molar-refractivity contribution >= 4 is 17.6 Å². The maximum absolute atomic E-state index is 12.4. The van der Waals surface area contributed by atoms with E-state index in [4.69, 9.17) is 35.0 Å². The number of rotatable bonds is 5. The van der Waals surface area contributed by atoms with E-state index in [9.17, 15) is 4.79 Å². The number of hydrogen-bond acceptors (Lipinski definition) is 8. The molecule has 0 radical (unpaired) electrons. The van der Waals surface area contributed by atoms with Gasteiger partial charge in [-0.2, -0.15) is 0 Å². The lowest BCUT2D eigenvalue weighted by molar-refractivity contribution is 0.0279. The van der Waals surface area contributed by atoms with E-state index in [1.54, 1.807) is 38.3 Å². The van der Waals surface area contributed by atoms with Gasteiger partial charge in [0, 0.05) is 5.56 Å². The van der Waals surface area contributed by atoms with E-state index in [2.05, 4.69) is 10.2 Å². The molecule has 4 rings (SSSR count). The summed E-state index contributed by atoms with van der Waals surface area (Å²) in [5.41, 5.74) is 0.955. The molecule has 144 valence electrons. The summed E-state index contributed by atoms with van der Waals surface area (Å²) in [5, 5.41) is 8.23. The summed E-state index contributed by atoms with van der Waals surface area (Å²) < 4.78 is 26.7. The molecule has 0 N–H and O–H groups in total. The van der Waals surface area contributed by atoms with Gasteiger partial charge in [0.2, 0.25) is 12.7 Å². The molecule has 3 aromatic rings. The summed E-state index contributed by atoms with van der Waals surface area (Å²) in [5.74, 6) is 1.40. The molecule has 2 aromatic carbocycles. The van der Waals surface area contributed by atoms with Gasteiger partial charge in [0.15, 0.2) is 17.6 Å². The zero-order chi connectivity index (χ0) is 19.7. The maximum atomic E-state index is 12.4. The Labute approximate surface area is 164 Å². The lowest BCUT2D eigenvalue weighted by atomic mass is 10.2. The highest BCUT2D eigenvalue weighted by Gasteiger charge is 2.24. The van der Waals surface area contributed by atoms with Crippen LogP contribution in [0, 0.1) is 0 Å². The molecule has 0 bridgehead atoms. The lowest BCUT2D eigenvalue weighted by Crippen LogP contribution is -2.09. The van der Waals surface area contributed by atoms with Gasteiger partial charge >= 0.3 is 5.97 Å². The van der Waals surface area contributed by atoms with E-state index in [-0.39, 0.29) is 23.3 Å². The van der Waals surface area contributed by atoms with Crippen LogP contribution in [-0.4, -0.2) is 30.1 Å². The van der Waals surface area contributed by atoms with Crippen LogP contribution in [0.4, 0.5) is 0 Å². The van der Waals surface area contributed by atoms with Crippen molar-refractivity contribution in [1.82, 2.24) is 10.2 Å². The Kier molecular flexibility index (Phi) is 4.79. The molecule has 28 heavy (non-hydrogen) atoms. The molecular formula is C19H15ClN2O6. The molecule has 0 saturated heterocycles. The van der Waals surface area contributed by atoms with Gasteiger partial charge < -0.3 is 23.4 Å². The Morgan fingerprint density at radius 1 is 1.18 bits per heavy atom. The predicted molar refractivity (Wildman–Crippen MR) is 97.7 cm³/mol. The van der Waals surface area contributed by atoms with Crippen LogP contribution in [0.25, 0.3) is 11.5 Å². The summed E-state index contributed by atoms with van der Waals surface area (Å²) >= 11 is 6.10. The van der Waals surface area contributed by atoms with Crippen molar-refractivity contribution in [2.24, 2.45) is 0 Å². The van der Waals surface area contributed by atoms with Gasteiger partial charge in [0.1, 0.15) is 5.75 Å². The van der Waals surface area contributed by atoms with Crippen molar-refractivity contribution in [3.63, 3.8) is 0 Å². The van der Waals surface area contributed by atoms with Gasteiger partial charge in [-0.05, 0) is 43.3 Å². The lowest BCUT2D eigenvalue weighted by Gasteiger charge is -2.10. The second-order valence-electron chi connectivity index (χ2n) is 5.91. The monoisotopic (exact) mass is 402 g/mol. The highest BCUT2D eigenvalue weighted by atomic mass is 35.5. The van der Waals surface area contributed by atoms with Gasteiger partial charge in [0.25, 0.3) is 5.89 Å². The van der Waals surface area contributed by atoms with Crippen LogP contribution in [0.3, 0.4) is 0 Å². The Morgan fingerprint density at radius 2 is 1.96 bits per heavy atom. The van der Waals surface area contributed by atoms with Crippen LogP contribution in [-0.2, 0) is 4.74 Å². The van der Waals surface area contributed by atoms with Crippen molar-refractivity contribution in [1.29, 1.82) is 0 Å². The van der Waals surface area contributed by atoms with Gasteiger partial charge in [-0.3, -0.25) is 0 Å². The van der Waals surface area contributed by atoms with Crippen LogP contribution in [0.1, 0.15) is 29.3 Å². The zero-order valence-electron chi connectivity index (χ0n) is 15.0. The number of aromatic nitrogens is 2. The fourth-order valence-electron chi connectivity index (χ4n) is 2.61. The molecule has 9 heteroatoms. The fourth-order valence-corrected chi connectivity index (χ4v) is 2.88. The first-order valence-electron chi connectivity index (χ1n) is 8.33. The van der Waals surface area contributed by atoms with Gasteiger partial charge in [-0.1, -0.05) is 11.6 Å². The van der Waals surface area contributed by atoms with Crippen LogP contribution >= 0.6 is 11.6 Å². The Balaban J connectivity index is 1.48. The highest BCUT2D eigenvalue weighted by molar-refractivity contribution is 6.32. The van der Waals surface area contributed by atoms with Crippen molar-refractivity contribution in [3.8, 4) is 28.7 Å². The highest BCUT2D eigenvalue weighted by Crippen LogP contribution is 2.40. The number of carbonyl (C=O) groups excluding carboxylic acids is 1. The molecule has 0 aliphatic carbocycles. The Bertz CT molecular complexity index is 1020. The summed E-state index contributed by atoms with van der Waals surface area (Å²) in [4.78, 5) is 12.4. The minimum Gasteiger partial charge on any atom is -0.497 e. The summed E-state index contributed by atoms with van der Waals surface area (Å²) in [7, 11) is 1.59. The van der Waals surface area contributed by atoms with Gasteiger partial charge in [-0.25, -0.2) is 4.79 Å². The van der Waals surface area contributed by atoms with E-state index in [1.807, 2.05) is 0 Å². The number of esters is 1. The fraction of sp³-hybridized carbons (Fsp3) is 0.211. The summed E-state index contributed by atoms with van der Waals surface area (Å²) in [6.45, 7) is 1.69. The molecule has 1 atom stereocenters. The first-order chi connectivity index (χ1) is 13.5. The minimum absolute atomic E-state index is 0.0556. The molecule has 0 unspecified atom stereocenters. The van der Waals surface area contributed by atoms with E-state index in [0.717, 1.165) is 5.56 Å². The normalized spacial score (nSPS) is 13.2. The number of halogens is 1. The summed E-state index contributed by atoms with van der Waals surface area (Å²) in [6.07, 6.45) is -0.754. The second-order valence-corrected chi connectivity index (χ2v) is 6.32.